The highest BCUT2D eigenvalue weighted by Gasteiger charge is 2.22. The first-order chi connectivity index (χ1) is 13.1. The van der Waals surface area contributed by atoms with Crippen molar-refractivity contribution in [2.45, 2.75) is 26.4 Å². The summed E-state index contributed by atoms with van der Waals surface area (Å²) in [6.45, 7) is 7.00. The summed E-state index contributed by atoms with van der Waals surface area (Å²) in [4.78, 5) is 20.3. The van der Waals surface area contributed by atoms with Crippen LogP contribution in [0.15, 0.2) is 36.7 Å². The molecule has 4 rings (SSSR count). The summed E-state index contributed by atoms with van der Waals surface area (Å²) in [6.07, 6.45) is 4.93. The number of H-pyrrole nitrogens is 1. The smallest absolute Gasteiger partial charge is 0.270 e. The van der Waals surface area contributed by atoms with Gasteiger partial charge in [0.05, 0.1) is 6.20 Å². The second kappa shape index (κ2) is 7.52. The quantitative estimate of drug-likeness (QED) is 0.769. The number of aryl methyl sites for hydroxylation is 1. The Balaban J connectivity index is 1.41. The number of benzene rings is 1. The number of fused-ring (bicyclic) bond motifs is 1. The topological polar surface area (TPSA) is 57.2 Å². The number of nitrogens with zero attached hydrogens (tertiary/aromatic N) is 4. The van der Waals surface area contributed by atoms with Crippen LogP contribution in [0.1, 0.15) is 29.4 Å². The summed E-state index contributed by atoms with van der Waals surface area (Å²) in [7, 11) is 0. The van der Waals surface area contributed by atoms with Gasteiger partial charge in [0.2, 0.25) is 0 Å². The van der Waals surface area contributed by atoms with Crippen LogP contribution < -0.4 is 0 Å². The van der Waals surface area contributed by atoms with E-state index in [4.69, 9.17) is 0 Å². The van der Waals surface area contributed by atoms with Crippen LogP contribution in [-0.4, -0.2) is 56.7 Å². The van der Waals surface area contributed by atoms with Crippen LogP contribution in [0.4, 0.5) is 4.39 Å². The molecule has 27 heavy (non-hydrogen) atoms. The second-order valence-electron chi connectivity index (χ2n) is 7.04. The van der Waals surface area contributed by atoms with E-state index in [2.05, 4.69) is 28.1 Å². The van der Waals surface area contributed by atoms with Crippen LogP contribution in [0.3, 0.4) is 0 Å². The lowest BCUT2D eigenvalue weighted by molar-refractivity contribution is 0.0756. The van der Waals surface area contributed by atoms with E-state index in [9.17, 15) is 9.18 Å². The number of carbonyl (C=O) groups is 1. The number of nitrogens with one attached hydrogen (secondary N) is 1. The van der Waals surface area contributed by atoms with Gasteiger partial charge in [-0.3, -0.25) is 14.4 Å². The normalized spacial score (nSPS) is 16.0. The van der Waals surface area contributed by atoms with Crippen molar-refractivity contribution in [3.8, 4) is 0 Å². The van der Waals surface area contributed by atoms with E-state index in [1.807, 2.05) is 15.8 Å². The molecule has 3 heterocycles. The minimum absolute atomic E-state index is 0.0211. The minimum Gasteiger partial charge on any atom is -0.351 e. The zero-order valence-corrected chi connectivity index (χ0v) is 15.5. The van der Waals surface area contributed by atoms with Gasteiger partial charge in [-0.2, -0.15) is 5.10 Å². The van der Waals surface area contributed by atoms with Crippen LogP contribution in [-0.2, 0) is 13.1 Å². The van der Waals surface area contributed by atoms with E-state index in [0.29, 0.717) is 12.2 Å². The van der Waals surface area contributed by atoms with Crippen LogP contribution in [0.2, 0.25) is 0 Å². The number of halogens is 1. The Morgan fingerprint density at radius 2 is 2.11 bits per heavy atom. The number of carbonyl (C=O) groups excluding carboxylic acids is 1. The first kappa shape index (κ1) is 17.7. The van der Waals surface area contributed by atoms with Crippen molar-refractivity contribution < 1.29 is 9.18 Å². The Labute approximate surface area is 157 Å². The molecule has 1 aromatic carbocycles. The highest BCUT2D eigenvalue weighted by molar-refractivity contribution is 5.98. The molecule has 1 saturated heterocycles. The third-order valence-electron chi connectivity index (χ3n) is 5.11. The molecule has 0 bridgehead atoms. The van der Waals surface area contributed by atoms with Crippen LogP contribution >= 0.6 is 0 Å². The molecule has 0 spiro atoms. The summed E-state index contributed by atoms with van der Waals surface area (Å²) in [5.41, 5.74) is 2.51. The van der Waals surface area contributed by atoms with Gasteiger partial charge in [0.15, 0.2) is 0 Å². The fourth-order valence-corrected chi connectivity index (χ4v) is 3.64. The molecule has 3 aromatic rings. The third-order valence-corrected chi connectivity index (χ3v) is 5.11. The van der Waals surface area contributed by atoms with Gasteiger partial charge in [-0.25, -0.2) is 4.39 Å². The molecule has 2 aromatic heterocycles. The maximum atomic E-state index is 13.4. The molecule has 0 atom stereocenters. The monoisotopic (exact) mass is 369 g/mol. The zero-order chi connectivity index (χ0) is 18.8. The van der Waals surface area contributed by atoms with Gasteiger partial charge in [-0.1, -0.05) is 0 Å². The number of aromatic nitrogens is 3. The van der Waals surface area contributed by atoms with E-state index < -0.39 is 0 Å². The predicted molar refractivity (Wildman–Crippen MR) is 102 cm³/mol. The van der Waals surface area contributed by atoms with E-state index in [1.165, 1.54) is 17.7 Å². The molecular formula is C20H24FN5O. The minimum atomic E-state index is -0.294. The Kier molecular flexibility index (Phi) is 4.94. The van der Waals surface area contributed by atoms with Gasteiger partial charge in [0.1, 0.15) is 11.5 Å². The van der Waals surface area contributed by atoms with Crippen molar-refractivity contribution in [3.05, 3.63) is 53.7 Å². The molecule has 1 aliphatic rings. The molecule has 1 fully saturated rings. The number of aromatic amines is 1. The zero-order valence-electron chi connectivity index (χ0n) is 15.5. The van der Waals surface area contributed by atoms with E-state index in [0.717, 1.165) is 50.0 Å². The van der Waals surface area contributed by atoms with Crippen molar-refractivity contribution in [2.75, 3.05) is 26.2 Å². The second-order valence-corrected chi connectivity index (χ2v) is 7.04. The number of hydrogen-bond acceptors (Lipinski definition) is 3. The standard InChI is InChI=1S/C20H24FN5O/c1-2-26-14-15(12-22-26)13-24-6-3-7-25(9-8-24)20(27)19-11-16-10-17(21)4-5-18(16)23-19/h4-5,10-12,14,23H,2-3,6-9,13H2,1H3. The molecule has 1 amide bonds. The van der Waals surface area contributed by atoms with E-state index in [-0.39, 0.29) is 11.7 Å². The fraction of sp³-hybridized carbons (Fsp3) is 0.400. The lowest BCUT2D eigenvalue weighted by atomic mass is 10.2. The maximum Gasteiger partial charge on any atom is 0.270 e. The molecule has 1 aliphatic heterocycles. The number of amides is 1. The Morgan fingerprint density at radius 3 is 2.93 bits per heavy atom. The van der Waals surface area contributed by atoms with Gasteiger partial charge in [-0.15, -0.1) is 0 Å². The lowest BCUT2D eigenvalue weighted by Gasteiger charge is -2.21. The van der Waals surface area contributed by atoms with Crippen molar-refractivity contribution in [1.82, 2.24) is 24.6 Å². The Hall–Kier alpha value is -2.67. The molecular weight excluding hydrogens is 345 g/mol. The Morgan fingerprint density at radius 1 is 1.22 bits per heavy atom. The van der Waals surface area contributed by atoms with E-state index in [1.54, 1.807) is 12.1 Å². The van der Waals surface area contributed by atoms with Gasteiger partial charge < -0.3 is 9.88 Å². The first-order valence-corrected chi connectivity index (χ1v) is 9.43. The molecule has 0 saturated carbocycles. The number of rotatable bonds is 4. The van der Waals surface area contributed by atoms with Crippen LogP contribution in [0.5, 0.6) is 0 Å². The van der Waals surface area contributed by atoms with Gasteiger partial charge in [-0.05, 0) is 37.6 Å². The summed E-state index contributed by atoms with van der Waals surface area (Å²) < 4.78 is 15.3. The summed E-state index contributed by atoms with van der Waals surface area (Å²) in [5, 5.41) is 5.05. The molecule has 0 radical (unpaired) electrons. The molecule has 7 heteroatoms. The van der Waals surface area contributed by atoms with Crippen molar-refractivity contribution in [3.63, 3.8) is 0 Å². The van der Waals surface area contributed by atoms with Crippen molar-refractivity contribution in [2.24, 2.45) is 0 Å². The molecule has 6 nitrogen and oxygen atoms in total. The highest BCUT2D eigenvalue weighted by atomic mass is 19.1. The predicted octanol–water partition coefficient (Wildman–Crippen LogP) is 2.87. The van der Waals surface area contributed by atoms with Crippen LogP contribution in [0.25, 0.3) is 10.9 Å². The van der Waals surface area contributed by atoms with Gasteiger partial charge in [0.25, 0.3) is 5.91 Å². The molecule has 0 aliphatic carbocycles. The average Bonchev–Trinajstić information content (AvgIpc) is 3.22. The maximum absolute atomic E-state index is 13.4. The van der Waals surface area contributed by atoms with Crippen molar-refractivity contribution >= 4 is 16.8 Å². The Bertz CT molecular complexity index is 947. The summed E-state index contributed by atoms with van der Waals surface area (Å²) in [6, 6.07) is 6.26. The van der Waals surface area contributed by atoms with Crippen LogP contribution in [0, 0.1) is 5.82 Å². The summed E-state index contributed by atoms with van der Waals surface area (Å²) >= 11 is 0. The summed E-state index contributed by atoms with van der Waals surface area (Å²) in [5.74, 6) is -0.315. The third kappa shape index (κ3) is 3.88. The fourth-order valence-electron chi connectivity index (χ4n) is 3.64. The lowest BCUT2D eigenvalue weighted by Crippen LogP contribution is -2.35. The molecule has 142 valence electrons. The highest BCUT2D eigenvalue weighted by Crippen LogP contribution is 2.19. The average molecular weight is 369 g/mol. The van der Waals surface area contributed by atoms with Crippen molar-refractivity contribution in [1.29, 1.82) is 0 Å². The van der Waals surface area contributed by atoms with Gasteiger partial charge in [0, 0.05) is 61.9 Å². The molecule has 1 N–H and O–H groups in total. The van der Waals surface area contributed by atoms with Gasteiger partial charge >= 0.3 is 0 Å². The SMILES string of the molecule is CCn1cc(CN2CCCN(C(=O)c3cc4cc(F)ccc4[nH]3)CC2)cn1. The largest absolute Gasteiger partial charge is 0.351 e. The number of hydrogen-bond donors (Lipinski definition) is 1. The molecule has 0 unspecified atom stereocenters. The van der Waals surface area contributed by atoms with E-state index >= 15 is 0 Å². The first-order valence-electron chi connectivity index (χ1n) is 9.43.